The van der Waals surface area contributed by atoms with E-state index in [1.165, 1.54) is 12.4 Å². The number of hydrogen-bond acceptors (Lipinski definition) is 9. The smallest absolute Gasteiger partial charge is 0.146 e. The number of ether oxygens (including phenoxy) is 1. The lowest BCUT2D eigenvalue weighted by Gasteiger charge is -2.60. The van der Waals surface area contributed by atoms with Gasteiger partial charge in [0.15, 0.2) is 0 Å². The van der Waals surface area contributed by atoms with Crippen LogP contribution in [0.15, 0.2) is 36.8 Å². The van der Waals surface area contributed by atoms with Crippen molar-refractivity contribution in [1.82, 2.24) is 14.3 Å². The minimum atomic E-state index is 0.137. The van der Waals surface area contributed by atoms with Gasteiger partial charge in [-0.15, -0.1) is 0 Å². The van der Waals surface area contributed by atoms with E-state index in [0.717, 1.165) is 31.7 Å². The first-order valence-electron chi connectivity index (χ1n) is 11.6. The maximum absolute atomic E-state index is 9.83. The van der Waals surface area contributed by atoms with Crippen molar-refractivity contribution in [3.8, 4) is 11.8 Å². The second-order valence-corrected chi connectivity index (χ2v) is 11.2. The molecule has 3 aromatic rings. The fourth-order valence-electron chi connectivity index (χ4n) is 4.84. The molecule has 2 saturated heterocycles. The van der Waals surface area contributed by atoms with Crippen molar-refractivity contribution < 1.29 is 4.74 Å². The molecule has 0 radical (unpaired) electrons. The van der Waals surface area contributed by atoms with Gasteiger partial charge in [-0.3, -0.25) is 10.4 Å². The van der Waals surface area contributed by atoms with Gasteiger partial charge < -0.3 is 15.4 Å². The number of anilines is 2. The molecule has 2 aromatic heterocycles. The summed E-state index contributed by atoms with van der Waals surface area (Å²) in [6.07, 6.45) is 6.75. The molecular formula is C26H25Cl2N7OS. The number of nitriles is 1. The summed E-state index contributed by atoms with van der Waals surface area (Å²) < 4.78 is 8.34. The predicted octanol–water partition coefficient (Wildman–Crippen LogP) is 4.94. The molecule has 1 spiro atoms. The quantitative estimate of drug-likeness (QED) is 0.240. The summed E-state index contributed by atoms with van der Waals surface area (Å²) in [6, 6.07) is 7.45. The Morgan fingerprint density at radius 1 is 1.19 bits per heavy atom. The van der Waals surface area contributed by atoms with Gasteiger partial charge in [-0.1, -0.05) is 35.1 Å². The molecule has 37 heavy (non-hydrogen) atoms. The lowest BCUT2D eigenvalue weighted by atomic mass is 9.74. The summed E-state index contributed by atoms with van der Waals surface area (Å²) in [7, 11) is 0. The van der Waals surface area contributed by atoms with Gasteiger partial charge in [0.25, 0.3) is 0 Å². The molecule has 1 aromatic carbocycles. The van der Waals surface area contributed by atoms with Crippen molar-refractivity contribution in [3.05, 3.63) is 74.7 Å². The van der Waals surface area contributed by atoms with E-state index in [4.69, 9.17) is 39.1 Å². The number of nitrogen functional groups attached to an aromatic ring is 1. The van der Waals surface area contributed by atoms with E-state index >= 15 is 0 Å². The Balaban J connectivity index is 1.35. The van der Waals surface area contributed by atoms with Gasteiger partial charge in [-0.2, -0.15) is 5.26 Å². The van der Waals surface area contributed by atoms with Crippen LogP contribution in [0.25, 0.3) is 0 Å². The van der Waals surface area contributed by atoms with Gasteiger partial charge in [0.1, 0.15) is 24.2 Å². The average molecular weight is 555 g/mol. The van der Waals surface area contributed by atoms with Crippen molar-refractivity contribution in [3.63, 3.8) is 0 Å². The van der Waals surface area contributed by atoms with E-state index in [2.05, 4.69) is 31.5 Å². The molecule has 5 rings (SSSR count). The number of hydrogen-bond donors (Lipinski definition) is 2. The first kappa shape index (κ1) is 25.6. The molecule has 0 unspecified atom stereocenters. The van der Waals surface area contributed by atoms with Crippen LogP contribution >= 0.6 is 35.1 Å². The molecule has 0 amide bonds. The fourth-order valence-corrected chi connectivity index (χ4v) is 6.12. The van der Waals surface area contributed by atoms with E-state index in [9.17, 15) is 5.26 Å². The van der Waals surface area contributed by atoms with Crippen LogP contribution < -0.4 is 15.4 Å². The summed E-state index contributed by atoms with van der Waals surface area (Å²) >= 11 is 14.2. The maximum Gasteiger partial charge on any atom is 0.146 e. The number of nitrogens with two attached hydrogens (primary N) is 1. The van der Waals surface area contributed by atoms with Gasteiger partial charge in [0, 0.05) is 72.6 Å². The highest BCUT2D eigenvalue weighted by atomic mass is 35.5. The molecule has 2 aliphatic rings. The lowest BCUT2D eigenvalue weighted by molar-refractivity contribution is 0.0474. The summed E-state index contributed by atoms with van der Waals surface area (Å²) in [5.74, 6) is 1.22. The fraction of sp³-hybridized carbons (Fsp3) is 0.308. The van der Waals surface area contributed by atoms with Gasteiger partial charge in [0.05, 0.1) is 21.3 Å². The molecule has 0 saturated carbocycles. The summed E-state index contributed by atoms with van der Waals surface area (Å²) in [5, 5.41) is 19.5. The Morgan fingerprint density at radius 3 is 2.54 bits per heavy atom. The molecule has 2 aliphatic heterocycles. The van der Waals surface area contributed by atoms with Crippen LogP contribution in [-0.2, 0) is 6.61 Å². The van der Waals surface area contributed by atoms with Gasteiger partial charge in [-0.05, 0) is 36.9 Å². The average Bonchev–Trinajstić information content (AvgIpc) is 2.83. The summed E-state index contributed by atoms with van der Waals surface area (Å²) in [5.41, 5.74) is 10.1. The Kier molecular flexibility index (Phi) is 6.94. The van der Waals surface area contributed by atoms with Crippen LogP contribution in [0.4, 0.5) is 11.5 Å². The highest BCUT2D eigenvalue weighted by molar-refractivity contribution is 7.96. The molecule has 8 nitrogen and oxygen atoms in total. The minimum absolute atomic E-state index is 0.137. The molecule has 190 valence electrons. The number of rotatable bonds is 7. The predicted molar refractivity (Wildman–Crippen MR) is 149 cm³/mol. The number of halogens is 2. The first-order chi connectivity index (χ1) is 17.7. The molecule has 0 atom stereocenters. The maximum atomic E-state index is 9.83. The Labute approximate surface area is 230 Å². The molecular weight excluding hydrogens is 529 g/mol. The zero-order valence-electron chi connectivity index (χ0n) is 20.4. The highest BCUT2D eigenvalue weighted by Crippen LogP contribution is 2.44. The monoisotopic (exact) mass is 553 g/mol. The van der Waals surface area contributed by atoms with Crippen LogP contribution in [0.2, 0.25) is 10.0 Å². The standard InChI is InChI=1S/C26H25Cl2N7OS/c1-15-3-22(30)18(5-23(15)36-10-19-20(27)8-32-9-21(19)28)24(31)17-4-16(6-29)25(33-7-17)34-11-26(12-34)13-35(14-26)37-2/h3-5,7-9,31H,10-14,30H2,1-2H3. The van der Waals surface area contributed by atoms with Gasteiger partial charge >= 0.3 is 0 Å². The molecule has 0 aliphatic carbocycles. The summed E-state index contributed by atoms with van der Waals surface area (Å²) in [6.45, 7) is 5.91. The zero-order chi connectivity index (χ0) is 26.3. The third-order valence-corrected chi connectivity index (χ3v) is 8.28. The van der Waals surface area contributed by atoms with Crippen molar-refractivity contribution in [2.75, 3.05) is 43.1 Å². The van der Waals surface area contributed by atoms with E-state index in [-0.39, 0.29) is 12.3 Å². The number of nitrogens with one attached hydrogen (secondary N) is 1. The third-order valence-electron chi connectivity index (χ3n) is 6.85. The normalized spacial score (nSPS) is 16.1. The second-order valence-electron chi connectivity index (χ2n) is 9.49. The van der Waals surface area contributed by atoms with E-state index in [1.54, 1.807) is 36.3 Å². The third kappa shape index (κ3) is 4.82. The number of aryl methyl sites for hydroxylation is 1. The van der Waals surface area contributed by atoms with Crippen molar-refractivity contribution in [1.29, 1.82) is 10.7 Å². The summed E-state index contributed by atoms with van der Waals surface area (Å²) in [4.78, 5) is 10.7. The zero-order valence-corrected chi connectivity index (χ0v) is 22.7. The number of aromatic nitrogens is 2. The van der Waals surface area contributed by atoms with Crippen molar-refractivity contribution in [2.24, 2.45) is 5.41 Å². The van der Waals surface area contributed by atoms with Crippen LogP contribution in [0.5, 0.6) is 5.75 Å². The van der Waals surface area contributed by atoms with Gasteiger partial charge in [0.2, 0.25) is 0 Å². The minimum Gasteiger partial charge on any atom is -0.488 e. The van der Waals surface area contributed by atoms with Crippen molar-refractivity contribution in [2.45, 2.75) is 13.5 Å². The molecule has 0 bridgehead atoms. The van der Waals surface area contributed by atoms with Crippen molar-refractivity contribution >= 4 is 52.4 Å². The van der Waals surface area contributed by atoms with Crippen LogP contribution in [0.3, 0.4) is 0 Å². The van der Waals surface area contributed by atoms with Gasteiger partial charge in [-0.25, -0.2) is 9.29 Å². The Hall–Kier alpha value is -3.03. The van der Waals surface area contributed by atoms with E-state index in [1.807, 2.05) is 6.92 Å². The highest BCUT2D eigenvalue weighted by Gasteiger charge is 2.52. The second kappa shape index (κ2) is 10.0. The van der Waals surface area contributed by atoms with Crippen LogP contribution in [0.1, 0.15) is 27.8 Å². The lowest BCUT2D eigenvalue weighted by Crippen LogP contribution is -2.70. The van der Waals surface area contributed by atoms with E-state index in [0.29, 0.717) is 55.0 Å². The molecule has 2 fully saturated rings. The van der Waals surface area contributed by atoms with E-state index < -0.39 is 0 Å². The number of pyridine rings is 2. The topological polar surface area (TPSA) is 115 Å². The van der Waals surface area contributed by atoms with Crippen LogP contribution in [0, 0.1) is 29.1 Å². The Morgan fingerprint density at radius 2 is 1.89 bits per heavy atom. The molecule has 3 N–H and O–H groups in total. The number of benzene rings is 1. The van der Waals surface area contributed by atoms with Crippen LogP contribution in [-0.4, -0.2) is 52.4 Å². The molecule has 4 heterocycles. The first-order valence-corrected chi connectivity index (χ1v) is 13.5. The number of nitrogens with zero attached hydrogens (tertiary/aromatic N) is 5. The Bertz CT molecular complexity index is 1410. The SMILES string of the molecule is CSN1CC2(C1)CN(c1ncc(C(=N)c3cc(OCc4c(Cl)cncc4Cl)c(C)cc3N)cc1C#N)C2. The largest absolute Gasteiger partial charge is 0.488 e. The molecule has 11 heteroatoms.